The number of esters is 1. The van der Waals surface area contributed by atoms with Gasteiger partial charge in [-0.05, 0) is 66.3 Å². The lowest BCUT2D eigenvalue weighted by atomic mass is 10.1. The van der Waals surface area contributed by atoms with E-state index in [0.717, 1.165) is 29.9 Å². The van der Waals surface area contributed by atoms with Gasteiger partial charge in [0.2, 0.25) is 0 Å². The number of benzene rings is 2. The van der Waals surface area contributed by atoms with Gasteiger partial charge in [-0.1, -0.05) is 24.3 Å². The molecule has 0 unspecified atom stereocenters. The summed E-state index contributed by atoms with van der Waals surface area (Å²) < 4.78 is 7.12. The fourth-order valence-electron chi connectivity index (χ4n) is 3.05. The molecule has 2 aromatic carbocycles. The van der Waals surface area contributed by atoms with Crippen molar-refractivity contribution in [3.63, 3.8) is 0 Å². The highest BCUT2D eigenvalue weighted by Gasteiger charge is 2.25. The summed E-state index contributed by atoms with van der Waals surface area (Å²) in [5, 5.41) is 4.36. The lowest BCUT2D eigenvalue weighted by Crippen LogP contribution is -2.13. The maximum Gasteiger partial charge on any atom is 0.348 e. The van der Waals surface area contributed by atoms with Crippen LogP contribution in [0.15, 0.2) is 48.5 Å². The summed E-state index contributed by atoms with van der Waals surface area (Å²) in [6.45, 7) is 3.93. The molecule has 8 heteroatoms. The second-order valence-corrected chi connectivity index (χ2v) is 9.61. The standard InChI is InChI=1S/C22H17IN2O3S2/c1-3-28-22(27)18-12(2)17(20-24-15-10-6-7-11-16(15)29-20)21(30-18)25-19(26)13-8-4-5-9-14(13)23/h4-11H,3H2,1-2H3,(H,25,26). The van der Waals surface area contributed by atoms with Crippen LogP contribution in [0.25, 0.3) is 20.8 Å². The van der Waals surface area contributed by atoms with Crippen LogP contribution in [0.2, 0.25) is 0 Å². The van der Waals surface area contributed by atoms with E-state index in [4.69, 9.17) is 9.72 Å². The second kappa shape index (κ2) is 8.83. The topological polar surface area (TPSA) is 68.3 Å². The van der Waals surface area contributed by atoms with Crippen molar-refractivity contribution in [2.24, 2.45) is 0 Å². The third kappa shape index (κ3) is 3.99. The summed E-state index contributed by atoms with van der Waals surface area (Å²) >= 11 is 4.90. The molecule has 5 nitrogen and oxygen atoms in total. The molecule has 0 saturated carbocycles. The average Bonchev–Trinajstić information content (AvgIpc) is 3.29. The van der Waals surface area contributed by atoms with Crippen LogP contribution in [0, 0.1) is 10.5 Å². The second-order valence-electron chi connectivity index (χ2n) is 6.40. The summed E-state index contributed by atoms with van der Waals surface area (Å²) in [5.74, 6) is -0.615. The number of rotatable bonds is 5. The van der Waals surface area contributed by atoms with Crippen molar-refractivity contribution >= 4 is 72.4 Å². The molecule has 0 aliphatic rings. The van der Waals surface area contributed by atoms with Gasteiger partial charge in [-0.25, -0.2) is 9.78 Å². The number of nitrogens with one attached hydrogen (secondary N) is 1. The predicted molar refractivity (Wildman–Crippen MR) is 131 cm³/mol. The molecule has 0 aliphatic carbocycles. The van der Waals surface area contributed by atoms with Gasteiger partial charge in [0.25, 0.3) is 5.91 Å². The van der Waals surface area contributed by atoms with Gasteiger partial charge in [0.05, 0.1) is 22.4 Å². The number of hydrogen-bond acceptors (Lipinski definition) is 6. The molecule has 152 valence electrons. The Morgan fingerprint density at radius 1 is 1.10 bits per heavy atom. The SMILES string of the molecule is CCOC(=O)c1sc(NC(=O)c2ccccc2I)c(-c2nc3ccccc3s2)c1C. The Morgan fingerprint density at radius 3 is 2.57 bits per heavy atom. The summed E-state index contributed by atoms with van der Waals surface area (Å²) in [6, 6.07) is 15.2. The molecule has 2 aromatic heterocycles. The molecule has 1 amide bonds. The summed E-state index contributed by atoms with van der Waals surface area (Å²) in [4.78, 5) is 30.7. The first-order chi connectivity index (χ1) is 14.5. The zero-order chi connectivity index (χ0) is 21.3. The predicted octanol–water partition coefficient (Wildman–Crippen LogP) is 6.37. The molecule has 0 bridgehead atoms. The molecule has 2 heterocycles. The van der Waals surface area contributed by atoms with Crippen molar-refractivity contribution in [3.8, 4) is 10.6 Å². The smallest absolute Gasteiger partial charge is 0.348 e. The fourth-order valence-corrected chi connectivity index (χ4v) is 5.91. The molecule has 1 N–H and O–H groups in total. The number of anilines is 1. The van der Waals surface area contributed by atoms with Crippen LogP contribution >= 0.6 is 45.3 Å². The number of carbonyl (C=O) groups excluding carboxylic acids is 2. The third-order valence-corrected chi connectivity index (χ3v) is 7.64. The lowest BCUT2D eigenvalue weighted by Gasteiger charge is -2.07. The van der Waals surface area contributed by atoms with Gasteiger partial charge in [-0.2, -0.15) is 0 Å². The Labute approximate surface area is 195 Å². The summed E-state index contributed by atoms with van der Waals surface area (Å²) in [5.41, 5.74) is 2.99. The van der Waals surface area contributed by atoms with Crippen LogP contribution in [0.3, 0.4) is 0 Å². The highest BCUT2D eigenvalue weighted by Crippen LogP contribution is 2.43. The van der Waals surface area contributed by atoms with Gasteiger partial charge >= 0.3 is 5.97 Å². The van der Waals surface area contributed by atoms with Gasteiger partial charge in [-0.3, -0.25) is 4.79 Å². The van der Waals surface area contributed by atoms with Crippen LogP contribution in [-0.2, 0) is 4.74 Å². The number of thiazole rings is 1. The number of fused-ring (bicyclic) bond motifs is 1. The number of carbonyl (C=O) groups is 2. The molecule has 0 fully saturated rings. The maximum absolute atomic E-state index is 13.0. The normalized spacial score (nSPS) is 10.9. The number of halogens is 1. The maximum atomic E-state index is 13.0. The van der Waals surface area contributed by atoms with Crippen molar-refractivity contribution in [3.05, 3.63) is 68.1 Å². The van der Waals surface area contributed by atoms with Crippen LogP contribution in [0.5, 0.6) is 0 Å². The van der Waals surface area contributed by atoms with E-state index in [2.05, 4.69) is 27.9 Å². The van der Waals surface area contributed by atoms with Gasteiger partial charge in [0.1, 0.15) is 14.9 Å². The van der Waals surface area contributed by atoms with Crippen LogP contribution in [-0.4, -0.2) is 23.5 Å². The van der Waals surface area contributed by atoms with E-state index in [9.17, 15) is 9.59 Å². The van der Waals surface area contributed by atoms with Gasteiger partial charge in [-0.15, -0.1) is 22.7 Å². The van der Waals surface area contributed by atoms with E-state index >= 15 is 0 Å². The zero-order valence-corrected chi connectivity index (χ0v) is 20.0. The van der Waals surface area contributed by atoms with Crippen molar-refractivity contribution in [1.29, 1.82) is 0 Å². The van der Waals surface area contributed by atoms with E-state index in [1.54, 1.807) is 13.0 Å². The number of ether oxygens (including phenoxy) is 1. The summed E-state index contributed by atoms with van der Waals surface area (Å²) in [6.07, 6.45) is 0. The Bertz CT molecular complexity index is 1230. The lowest BCUT2D eigenvalue weighted by molar-refractivity contribution is 0.0531. The minimum absolute atomic E-state index is 0.223. The van der Waals surface area contributed by atoms with E-state index < -0.39 is 5.97 Å². The van der Waals surface area contributed by atoms with E-state index in [1.165, 1.54) is 22.7 Å². The molecule has 4 rings (SSSR count). The quantitative estimate of drug-likeness (QED) is 0.233. The first kappa shape index (κ1) is 21.0. The van der Waals surface area contributed by atoms with E-state index in [1.807, 2.05) is 49.4 Å². The molecular weight excluding hydrogens is 531 g/mol. The minimum Gasteiger partial charge on any atom is -0.462 e. The number of amides is 1. The first-order valence-corrected chi connectivity index (χ1v) is 11.9. The Morgan fingerprint density at radius 2 is 1.83 bits per heavy atom. The van der Waals surface area contributed by atoms with Crippen molar-refractivity contribution in [2.75, 3.05) is 11.9 Å². The monoisotopic (exact) mass is 548 g/mol. The van der Waals surface area contributed by atoms with Crippen molar-refractivity contribution in [2.45, 2.75) is 13.8 Å². The van der Waals surface area contributed by atoms with Crippen LogP contribution < -0.4 is 5.32 Å². The molecule has 0 saturated heterocycles. The van der Waals surface area contributed by atoms with Crippen LogP contribution in [0.1, 0.15) is 32.5 Å². The van der Waals surface area contributed by atoms with Gasteiger partial charge in [0.15, 0.2) is 0 Å². The number of para-hydroxylation sites is 1. The molecule has 0 aliphatic heterocycles. The molecule has 0 radical (unpaired) electrons. The average molecular weight is 548 g/mol. The number of thiophene rings is 1. The molecule has 0 spiro atoms. The highest BCUT2D eigenvalue weighted by atomic mass is 127. The molecular formula is C22H17IN2O3S2. The Hall–Kier alpha value is -2.30. The fraction of sp³-hybridized carbons (Fsp3) is 0.136. The molecule has 30 heavy (non-hydrogen) atoms. The Kier molecular flexibility index (Phi) is 6.16. The first-order valence-electron chi connectivity index (χ1n) is 9.22. The largest absolute Gasteiger partial charge is 0.462 e. The highest BCUT2D eigenvalue weighted by molar-refractivity contribution is 14.1. The van der Waals surface area contributed by atoms with E-state index in [-0.39, 0.29) is 12.5 Å². The van der Waals surface area contributed by atoms with Gasteiger partial charge in [0, 0.05) is 9.13 Å². The number of nitrogens with zero attached hydrogens (tertiary/aromatic N) is 1. The summed E-state index contributed by atoms with van der Waals surface area (Å²) in [7, 11) is 0. The van der Waals surface area contributed by atoms with Crippen LogP contribution in [0.4, 0.5) is 5.00 Å². The van der Waals surface area contributed by atoms with Crippen molar-refractivity contribution < 1.29 is 14.3 Å². The molecule has 4 aromatic rings. The number of hydrogen-bond donors (Lipinski definition) is 1. The Balaban J connectivity index is 1.82. The van der Waals surface area contributed by atoms with Crippen molar-refractivity contribution in [1.82, 2.24) is 4.98 Å². The zero-order valence-electron chi connectivity index (χ0n) is 16.2. The van der Waals surface area contributed by atoms with E-state index in [0.29, 0.717) is 15.4 Å². The third-order valence-electron chi connectivity index (χ3n) is 4.46. The van der Waals surface area contributed by atoms with Gasteiger partial charge < -0.3 is 10.1 Å². The molecule has 0 atom stereocenters. The number of aromatic nitrogens is 1. The minimum atomic E-state index is -0.392.